The summed E-state index contributed by atoms with van der Waals surface area (Å²) < 4.78 is 0. The van der Waals surface area contributed by atoms with Crippen LogP contribution in [0, 0.1) is 11.3 Å². The predicted molar refractivity (Wildman–Crippen MR) is 50.8 cm³/mol. The molecule has 0 bridgehead atoms. The van der Waals surface area contributed by atoms with Crippen molar-refractivity contribution >= 4 is 0 Å². The highest BCUT2D eigenvalue weighted by molar-refractivity contribution is 4.97. The zero-order chi connectivity index (χ0) is 9.19. The van der Waals surface area contributed by atoms with Crippen LogP contribution in [0.15, 0.2) is 0 Å². The molecule has 2 heteroatoms. The van der Waals surface area contributed by atoms with E-state index in [2.05, 4.69) is 13.8 Å². The molecule has 1 atom stereocenters. The van der Waals surface area contributed by atoms with Gasteiger partial charge >= 0.3 is 0 Å². The Bertz CT molecular complexity index is 141. The third-order valence-electron chi connectivity index (χ3n) is 3.19. The summed E-state index contributed by atoms with van der Waals surface area (Å²) in [4.78, 5) is 0. The van der Waals surface area contributed by atoms with Gasteiger partial charge in [0, 0.05) is 12.0 Å². The van der Waals surface area contributed by atoms with Gasteiger partial charge in [-0.25, -0.2) is 0 Å². The maximum absolute atomic E-state index is 9.86. The van der Waals surface area contributed by atoms with E-state index in [1.807, 2.05) is 0 Å². The van der Waals surface area contributed by atoms with Crippen molar-refractivity contribution in [1.29, 1.82) is 0 Å². The Morgan fingerprint density at radius 1 is 1.58 bits per heavy atom. The minimum absolute atomic E-state index is 0.0788. The van der Waals surface area contributed by atoms with Gasteiger partial charge in [-0.2, -0.15) is 0 Å². The molecule has 0 spiro atoms. The van der Waals surface area contributed by atoms with E-state index >= 15 is 0 Å². The molecule has 0 radical (unpaired) electrons. The summed E-state index contributed by atoms with van der Waals surface area (Å²) in [5, 5.41) is 9.86. The van der Waals surface area contributed by atoms with Crippen molar-refractivity contribution in [2.45, 2.75) is 45.6 Å². The molecule has 72 valence electrons. The molecule has 0 aromatic carbocycles. The summed E-state index contributed by atoms with van der Waals surface area (Å²) >= 11 is 0. The summed E-state index contributed by atoms with van der Waals surface area (Å²) in [5.74, 6) is 0.764. The lowest BCUT2D eigenvalue weighted by molar-refractivity contribution is -0.0617. The molecular formula is C10H21NO. The van der Waals surface area contributed by atoms with Crippen LogP contribution in [0.5, 0.6) is 0 Å². The smallest absolute Gasteiger partial charge is 0.0608 e. The fourth-order valence-corrected chi connectivity index (χ4v) is 2.48. The molecule has 0 aliphatic heterocycles. The highest BCUT2D eigenvalue weighted by atomic mass is 16.3. The lowest BCUT2D eigenvalue weighted by Crippen LogP contribution is -2.50. The lowest BCUT2D eigenvalue weighted by Gasteiger charge is -2.49. The molecule has 0 aromatic rings. The second kappa shape index (κ2) is 3.75. The molecule has 1 rings (SSSR count). The Morgan fingerprint density at radius 2 is 2.17 bits per heavy atom. The highest BCUT2D eigenvalue weighted by Gasteiger charge is 2.45. The van der Waals surface area contributed by atoms with Gasteiger partial charge < -0.3 is 10.8 Å². The van der Waals surface area contributed by atoms with E-state index < -0.39 is 0 Å². The lowest BCUT2D eigenvalue weighted by atomic mass is 9.59. The first-order chi connectivity index (χ1) is 5.64. The quantitative estimate of drug-likeness (QED) is 0.673. The van der Waals surface area contributed by atoms with Crippen molar-refractivity contribution in [2.75, 3.05) is 6.54 Å². The Balaban J connectivity index is 2.45. The number of hydrogen-bond donors (Lipinski definition) is 2. The molecule has 0 aromatic heterocycles. The van der Waals surface area contributed by atoms with Crippen LogP contribution in [-0.4, -0.2) is 17.8 Å². The van der Waals surface area contributed by atoms with Crippen molar-refractivity contribution in [3.05, 3.63) is 0 Å². The van der Waals surface area contributed by atoms with Gasteiger partial charge in [-0.1, -0.05) is 20.3 Å². The second-order valence-electron chi connectivity index (χ2n) is 4.38. The molecule has 1 fully saturated rings. The maximum atomic E-state index is 9.86. The van der Waals surface area contributed by atoms with Crippen LogP contribution in [0.25, 0.3) is 0 Å². The number of nitrogens with two attached hydrogens (primary N) is 1. The molecular weight excluding hydrogens is 150 g/mol. The summed E-state index contributed by atoms with van der Waals surface area (Å²) in [5.41, 5.74) is 5.78. The number of hydrogen-bond acceptors (Lipinski definition) is 2. The largest absolute Gasteiger partial charge is 0.393 e. The standard InChI is InChI=1S/C10H21NO/c1-3-4-9(12)10(7-11)5-8(2)6-10/h8-9,12H,3-7,11H2,1-2H3. The van der Waals surface area contributed by atoms with Gasteiger partial charge in [-0.05, 0) is 25.2 Å². The average molecular weight is 171 g/mol. The third kappa shape index (κ3) is 1.64. The minimum atomic E-state index is -0.163. The van der Waals surface area contributed by atoms with Crippen molar-refractivity contribution < 1.29 is 5.11 Å². The summed E-state index contributed by atoms with van der Waals surface area (Å²) in [6, 6.07) is 0. The molecule has 3 N–H and O–H groups in total. The Kier molecular flexibility index (Phi) is 3.13. The first-order valence-electron chi connectivity index (χ1n) is 5.02. The topological polar surface area (TPSA) is 46.2 Å². The molecule has 1 saturated carbocycles. The average Bonchev–Trinajstić information content (AvgIpc) is 1.98. The molecule has 1 aliphatic carbocycles. The molecule has 0 amide bonds. The van der Waals surface area contributed by atoms with Gasteiger partial charge in [0.05, 0.1) is 6.10 Å². The molecule has 0 saturated heterocycles. The van der Waals surface area contributed by atoms with Gasteiger partial charge in [0.1, 0.15) is 0 Å². The first-order valence-corrected chi connectivity index (χ1v) is 5.02. The van der Waals surface area contributed by atoms with Crippen LogP contribution in [0.2, 0.25) is 0 Å². The van der Waals surface area contributed by atoms with Gasteiger partial charge in [0.25, 0.3) is 0 Å². The van der Waals surface area contributed by atoms with Crippen LogP contribution in [0.4, 0.5) is 0 Å². The van der Waals surface area contributed by atoms with E-state index in [4.69, 9.17) is 5.73 Å². The fourth-order valence-electron chi connectivity index (χ4n) is 2.48. The van der Waals surface area contributed by atoms with Crippen LogP contribution in [0.1, 0.15) is 39.5 Å². The maximum Gasteiger partial charge on any atom is 0.0608 e. The predicted octanol–water partition coefficient (Wildman–Crippen LogP) is 1.52. The van der Waals surface area contributed by atoms with Crippen LogP contribution >= 0.6 is 0 Å². The molecule has 0 heterocycles. The highest BCUT2D eigenvalue weighted by Crippen LogP contribution is 2.48. The van der Waals surface area contributed by atoms with E-state index in [-0.39, 0.29) is 11.5 Å². The second-order valence-corrected chi connectivity index (χ2v) is 4.38. The first kappa shape index (κ1) is 10.0. The Morgan fingerprint density at radius 3 is 2.50 bits per heavy atom. The summed E-state index contributed by atoms with van der Waals surface area (Å²) in [7, 11) is 0. The normalized spacial score (nSPS) is 37.5. The monoisotopic (exact) mass is 171 g/mol. The van der Waals surface area contributed by atoms with Gasteiger partial charge in [-0.15, -0.1) is 0 Å². The molecule has 1 unspecified atom stereocenters. The molecule has 2 nitrogen and oxygen atoms in total. The van der Waals surface area contributed by atoms with Gasteiger partial charge in [0.15, 0.2) is 0 Å². The Hall–Kier alpha value is -0.0800. The minimum Gasteiger partial charge on any atom is -0.393 e. The van der Waals surface area contributed by atoms with Crippen molar-refractivity contribution in [3.63, 3.8) is 0 Å². The van der Waals surface area contributed by atoms with E-state index in [0.717, 1.165) is 31.6 Å². The van der Waals surface area contributed by atoms with Crippen molar-refractivity contribution in [1.82, 2.24) is 0 Å². The number of aliphatic hydroxyl groups excluding tert-OH is 1. The Labute approximate surface area is 75.2 Å². The van der Waals surface area contributed by atoms with Crippen LogP contribution in [-0.2, 0) is 0 Å². The third-order valence-corrected chi connectivity index (χ3v) is 3.19. The molecule has 1 aliphatic rings. The summed E-state index contributed by atoms with van der Waals surface area (Å²) in [6.45, 7) is 4.99. The van der Waals surface area contributed by atoms with Crippen LogP contribution in [0.3, 0.4) is 0 Å². The van der Waals surface area contributed by atoms with Gasteiger partial charge in [-0.3, -0.25) is 0 Å². The van der Waals surface area contributed by atoms with E-state index in [1.165, 1.54) is 0 Å². The van der Waals surface area contributed by atoms with E-state index in [9.17, 15) is 5.11 Å². The summed E-state index contributed by atoms with van der Waals surface area (Å²) in [6.07, 6.45) is 4.03. The molecule has 12 heavy (non-hydrogen) atoms. The zero-order valence-corrected chi connectivity index (χ0v) is 8.21. The number of aliphatic hydroxyl groups is 1. The zero-order valence-electron chi connectivity index (χ0n) is 8.21. The van der Waals surface area contributed by atoms with Crippen LogP contribution < -0.4 is 5.73 Å². The van der Waals surface area contributed by atoms with Gasteiger partial charge in [0.2, 0.25) is 0 Å². The number of rotatable bonds is 4. The SMILES string of the molecule is CCCC(O)C1(CN)CC(C)C1. The van der Waals surface area contributed by atoms with E-state index in [1.54, 1.807) is 0 Å². The van der Waals surface area contributed by atoms with Crippen molar-refractivity contribution in [3.8, 4) is 0 Å². The van der Waals surface area contributed by atoms with Crippen molar-refractivity contribution in [2.24, 2.45) is 17.1 Å². The van der Waals surface area contributed by atoms with E-state index in [0.29, 0.717) is 6.54 Å². The fraction of sp³-hybridized carbons (Fsp3) is 1.00.